The van der Waals surface area contributed by atoms with Crippen molar-refractivity contribution in [1.29, 1.82) is 0 Å². The summed E-state index contributed by atoms with van der Waals surface area (Å²) in [5, 5.41) is 19.4. The number of benzene rings is 3. The lowest BCUT2D eigenvalue weighted by Gasteiger charge is -2.51. The number of anilines is 3. The van der Waals surface area contributed by atoms with Crippen LogP contribution in [0.4, 0.5) is 21.9 Å². The summed E-state index contributed by atoms with van der Waals surface area (Å²) in [6.45, 7) is 12.1. The van der Waals surface area contributed by atoms with Gasteiger partial charge in [0.2, 0.25) is 29.5 Å². The molecule has 0 spiro atoms. The zero-order valence-electron chi connectivity index (χ0n) is 50.9. The number of nitrogens with one attached hydrogen (secondary N) is 5. The average molecular weight is 1150 g/mol. The Balaban J connectivity index is 1.23. The predicted molar refractivity (Wildman–Crippen MR) is 329 cm³/mol. The maximum Gasteiger partial charge on any atom is 0.407 e. The quantitative estimate of drug-likeness (QED) is 0.0161. The number of rotatable bonds is 36. The highest BCUT2D eigenvalue weighted by Crippen LogP contribution is 2.62. The minimum atomic E-state index is -0.951. The van der Waals surface area contributed by atoms with Crippen LogP contribution in [-0.4, -0.2) is 117 Å². The summed E-state index contributed by atoms with van der Waals surface area (Å²) in [7, 11) is 3.49. The number of azide groups is 1. The number of nitrogens with zero attached hydrogens (tertiary/aromatic N) is 5. The van der Waals surface area contributed by atoms with E-state index in [4.69, 9.17) is 15.0 Å². The van der Waals surface area contributed by atoms with Gasteiger partial charge in [0.15, 0.2) is 0 Å². The van der Waals surface area contributed by atoms with Crippen molar-refractivity contribution in [1.82, 2.24) is 20.4 Å². The van der Waals surface area contributed by atoms with E-state index in [0.29, 0.717) is 81.8 Å². The molecule has 2 atom stereocenters. The lowest BCUT2D eigenvalue weighted by molar-refractivity contribution is -0.132. The predicted octanol–water partition coefficient (Wildman–Crippen LogP) is 12.8. The highest BCUT2D eigenvalue weighted by molar-refractivity contribution is 5.94. The van der Waals surface area contributed by atoms with Crippen molar-refractivity contribution in [2.75, 3.05) is 69.4 Å². The zero-order valence-corrected chi connectivity index (χ0v) is 50.9. The summed E-state index contributed by atoms with van der Waals surface area (Å²) in [6, 6.07) is 17.8. The minimum Gasteiger partial charge on any atom is -0.444 e. The van der Waals surface area contributed by atoms with Gasteiger partial charge in [-0.25, -0.2) is 4.79 Å². The lowest BCUT2D eigenvalue weighted by atomic mass is 9.51. The molecule has 1 aliphatic heterocycles. The molecule has 0 radical (unpaired) electrons. The first kappa shape index (κ1) is 65.7. The van der Waals surface area contributed by atoms with E-state index in [2.05, 4.69) is 86.9 Å². The molecule has 3 aliphatic carbocycles. The van der Waals surface area contributed by atoms with Crippen LogP contribution >= 0.6 is 0 Å². The van der Waals surface area contributed by atoms with Gasteiger partial charge in [-0.15, -0.1) is 0 Å². The number of ether oxygens (including phenoxy) is 2. The second-order valence-electron chi connectivity index (χ2n) is 24.1. The summed E-state index contributed by atoms with van der Waals surface area (Å²) >= 11 is 0. The van der Waals surface area contributed by atoms with Gasteiger partial charge in [-0.3, -0.25) is 24.0 Å². The summed E-state index contributed by atoms with van der Waals surface area (Å²) in [5.74, 6) is -0.573. The molecule has 7 rings (SSSR count). The van der Waals surface area contributed by atoms with Gasteiger partial charge in [0.25, 0.3) is 0 Å². The summed E-state index contributed by atoms with van der Waals surface area (Å²) in [4.78, 5) is 86.8. The molecule has 18 nitrogen and oxygen atoms in total. The largest absolute Gasteiger partial charge is 0.444 e. The Bertz CT molecular complexity index is 2620. The average Bonchev–Trinajstić information content (AvgIpc) is 0.969. The first-order chi connectivity index (χ1) is 40.0. The van der Waals surface area contributed by atoms with Crippen LogP contribution in [0.3, 0.4) is 0 Å². The topological polar surface area (TPSA) is 236 Å². The van der Waals surface area contributed by atoms with Gasteiger partial charge in [0.1, 0.15) is 5.60 Å². The Hall–Kier alpha value is -6.49. The molecule has 1 fully saturated rings. The third-order valence-electron chi connectivity index (χ3n) is 16.4. The van der Waals surface area contributed by atoms with Gasteiger partial charge in [-0.2, -0.15) is 0 Å². The first-order valence-corrected chi connectivity index (χ1v) is 31.1. The van der Waals surface area contributed by atoms with Crippen molar-refractivity contribution in [2.45, 2.75) is 211 Å². The Morgan fingerprint density at radius 2 is 1.08 bits per heavy atom. The Kier molecular flexibility index (Phi) is 26.2. The van der Waals surface area contributed by atoms with Gasteiger partial charge in [-0.1, -0.05) is 121 Å². The number of likely N-dealkylation sites (N-methyl/N-ethyl adjacent to an activating group) is 2. The second-order valence-corrected chi connectivity index (χ2v) is 24.1. The number of alkyl carbamates (subject to hydrolysis) is 1. The van der Waals surface area contributed by atoms with Crippen molar-refractivity contribution in [2.24, 2.45) is 5.11 Å². The van der Waals surface area contributed by atoms with Crippen molar-refractivity contribution in [3.05, 3.63) is 98.4 Å². The van der Waals surface area contributed by atoms with Crippen LogP contribution < -0.4 is 26.6 Å². The molecule has 1 saturated heterocycles. The Morgan fingerprint density at radius 1 is 0.639 bits per heavy atom. The number of hydrogen-bond donors (Lipinski definition) is 5. The van der Waals surface area contributed by atoms with Crippen LogP contribution in [-0.2, 0) is 38.9 Å². The highest BCUT2D eigenvalue weighted by Gasteiger charge is 2.52. The maximum absolute atomic E-state index is 14.5. The number of amides is 6. The van der Waals surface area contributed by atoms with E-state index in [0.717, 1.165) is 110 Å². The molecule has 1 heterocycles. The number of hydrogen-bond acceptors (Lipinski definition) is 10. The zero-order chi connectivity index (χ0) is 59.8. The molecule has 18 heteroatoms. The SMILES string of the molecule is CCCCCCCCC(=O)Nc1ccc2c(c1)C1(CCC(=O)N(C)CCOCCN(C)C(=O)C3C[C@H](N=[N+]=[N-])CN3)c3cc(NC(=O)CCCCCCCC)ccc3C2c2ccc(NC(=O)CCCCCCCNC(=O)OC(C)(C)C)cc21. The van der Waals surface area contributed by atoms with E-state index in [1.807, 2.05) is 39.0 Å². The Labute approximate surface area is 493 Å². The summed E-state index contributed by atoms with van der Waals surface area (Å²) < 4.78 is 11.3. The van der Waals surface area contributed by atoms with Gasteiger partial charge >= 0.3 is 6.09 Å². The molecule has 6 amide bonds. The number of unbranched alkanes of at least 4 members (excludes halogenated alkanes) is 14. The highest BCUT2D eigenvalue weighted by atomic mass is 16.6. The molecule has 83 heavy (non-hydrogen) atoms. The van der Waals surface area contributed by atoms with E-state index >= 15 is 0 Å². The monoisotopic (exact) mass is 1140 g/mol. The van der Waals surface area contributed by atoms with Crippen molar-refractivity contribution >= 4 is 52.7 Å². The van der Waals surface area contributed by atoms with Crippen LogP contribution in [0.2, 0.25) is 0 Å². The van der Waals surface area contributed by atoms with Crippen LogP contribution in [0.5, 0.6) is 0 Å². The van der Waals surface area contributed by atoms with Gasteiger partial charge in [-0.05, 0) is 135 Å². The number of carbonyl (C=O) groups is 6. The molecule has 3 aromatic rings. The van der Waals surface area contributed by atoms with E-state index in [9.17, 15) is 28.8 Å². The number of carbonyl (C=O) groups excluding carboxylic acids is 6. The van der Waals surface area contributed by atoms with E-state index in [1.165, 1.54) is 25.7 Å². The molecular formula is C65H96N10O8. The van der Waals surface area contributed by atoms with Crippen LogP contribution in [0.1, 0.15) is 222 Å². The molecule has 454 valence electrons. The normalized spacial score (nSPS) is 17.3. The standard InChI is InChI=1S/C65H96N10O8/c1-8-10-12-14-17-21-25-57(76)69-46-28-31-50-53(41-46)65(35-34-60(79)74(6)37-39-82-40-38-75(7)62(80)56-44-49(45-68-56)72-73-66)54-42-47(70-58(77)26-22-18-15-13-11-9-2)29-32-51(54)61(50)52-33-30-48(43-55(52)65)71-59(78)27-23-19-16-20-24-36-67-63(81)83-64(3,4)5/h28-33,41-43,49,56,61,68H,8-27,34-40,44-45H2,1-7H3,(H,67,81)(H,69,76)(H,70,77)(H,71,78)/t49-,56?,61?,65?/m0/s1. The molecule has 2 bridgehead atoms. The third kappa shape index (κ3) is 19.5. The molecule has 5 N–H and O–H groups in total. The minimum absolute atomic E-state index is 0.0460. The van der Waals surface area contributed by atoms with Gasteiger partial charge in [0.05, 0.1) is 25.3 Å². The van der Waals surface area contributed by atoms with E-state index in [-0.39, 0.29) is 61.1 Å². The smallest absolute Gasteiger partial charge is 0.407 e. The molecule has 4 aliphatic rings. The van der Waals surface area contributed by atoms with Crippen molar-refractivity contribution < 1.29 is 38.2 Å². The lowest BCUT2D eigenvalue weighted by Crippen LogP contribution is -2.43. The maximum atomic E-state index is 14.5. The van der Waals surface area contributed by atoms with Crippen LogP contribution in [0.25, 0.3) is 10.4 Å². The molecule has 3 aromatic carbocycles. The third-order valence-corrected chi connectivity index (χ3v) is 16.4. The first-order valence-electron chi connectivity index (χ1n) is 31.1. The molecule has 0 aromatic heterocycles. The van der Waals surface area contributed by atoms with E-state index in [1.54, 1.807) is 23.9 Å². The van der Waals surface area contributed by atoms with Gasteiger partial charge in [0, 0.05) is 99.3 Å². The second kappa shape index (κ2) is 33.1. The van der Waals surface area contributed by atoms with E-state index < -0.39 is 23.2 Å². The fraction of sp³-hybridized carbons (Fsp3) is 0.631. The molecule has 0 saturated carbocycles. The molecular weight excluding hydrogens is 1050 g/mol. The van der Waals surface area contributed by atoms with Crippen molar-refractivity contribution in [3.8, 4) is 0 Å². The van der Waals surface area contributed by atoms with Crippen LogP contribution in [0.15, 0.2) is 59.7 Å². The fourth-order valence-electron chi connectivity index (χ4n) is 11.9. The summed E-state index contributed by atoms with van der Waals surface area (Å²) in [5.41, 5.74) is 15.4. The van der Waals surface area contributed by atoms with Gasteiger partial charge < -0.3 is 45.9 Å². The summed E-state index contributed by atoms with van der Waals surface area (Å²) in [6.07, 6.45) is 18.8. The fourth-order valence-corrected chi connectivity index (χ4v) is 11.9. The Morgan fingerprint density at radius 3 is 1.54 bits per heavy atom. The van der Waals surface area contributed by atoms with Crippen molar-refractivity contribution in [3.63, 3.8) is 0 Å². The molecule has 1 unspecified atom stereocenters. The van der Waals surface area contributed by atoms with Crippen LogP contribution in [0, 0.1) is 0 Å².